The predicted octanol–water partition coefficient (Wildman–Crippen LogP) is 0.648. The Morgan fingerprint density at radius 3 is 1.90 bits per heavy atom. The summed E-state index contributed by atoms with van der Waals surface area (Å²) in [7, 11) is 0. The molecule has 42 heavy (non-hydrogen) atoms. The Morgan fingerprint density at radius 1 is 0.762 bits per heavy atom. The van der Waals surface area contributed by atoms with Gasteiger partial charge in [0.15, 0.2) is 0 Å². The Labute approximate surface area is 251 Å². The van der Waals surface area contributed by atoms with Crippen molar-refractivity contribution in [2.75, 3.05) is 6.54 Å². The molecule has 0 spiro atoms. The van der Waals surface area contributed by atoms with Gasteiger partial charge in [-0.05, 0) is 48.9 Å². The second kappa shape index (κ2) is 17.6. The molecule has 4 atom stereocenters. The monoisotopic (exact) mass is 605 g/mol. The van der Waals surface area contributed by atoms with Crippen LogP contribution in [0, 0.1) is 5.92 Å². The molecule has 0 fully saturated rings. The number of carbonyl (C=O) groups excluding carboxylic acids is 4. The molecular formula is C29H40ClN5O7. The van der Waals surface area contributed by atoms with Crippen LogP contribution in [0.1, 0.15) is 38.3 Å². The van der Waals surface area contributed by atoms with Gasteiger partial charge < -0.3 is 37.2 Å². The summed E-state index contributed by atoms with van der Waals surface area (Å²) in [5.74, 6) is -3.63. The van der Waals surface area contributed by atoms with Crippen LogP contribution in [0.5, 0.6) is 5.75 Å². The summed E-state index contributed by atoms with van der Waals surface area (Å²) >= 11 is 0. The molecule has 0 aliphatic rings. The van der Waals surface area contributed by atoms with Crippen LogP contribution in [0.3, 0.4) is 0 Å². The Bertz CT molecular complexity index is 1190. The third kappa shape index (κ3) is 12.6. The number of hydrogen-bond donors (Lipinski definition) is 7. The number of phenols is 1. The number of carbonyl (C=O) groups is 5. The third-order valence-corrected chi connectivity index (χ3v) is 6.16. The van der Waals surface area contributed by atoms with Gasteiger partial charge in [0.2, 0.25) is 23.6 Å². The van der Waals surface area contributed by atoms with Crippen molar-refractivity contribution >= 4 is 42.0 Å². The average molecular weight is 606 g/mol. The minimum Gasteiger partial charge on any atom is -0.508 e. The van der Waals surface area contributed by atoms with Gasteiger partial charge in [0.05, 0.1) is 12.6 Å². The highest BCUT2D eigenvalue weighted by Crippen LogP contribution is 2.11. The lowest BCUT2D eigenvalue weighted by Gasteiger charge is -2.24. The van der Waals surface area contributed by atoms with Crippen LogP contribution >= 0.6 is 12.4 Å². The van der Waals surface area contributed by atoms with Gasteiger partial charge in [-0.15, -0.1) is 12.4 Å². The normalized spacial score (nSPS) is 13.5. The van der Waals surface area contributed by atoms with Gasteiger partial charge in [0.25, 0.3) is 0 Å². The zero-order chi connectivity index (χ0) is 30.5. The molecule has 0 radical (unpaired) electrons. The van der Waals surface area contributed by atoms with Gasteiger partial charge in [-0.25, -0.2) is 4.79 Å². The summed E-state index contributed by atoms with van der Waals surface area (Å²) in [5.41, 5.74) is 7.38. The van der Waals surface area contributed by atoms with Crippen molar-refractivity contribution in [3.05, 3.63) is 65.7 Å². The van der Waals surface area contributed by atoms with Gasteiger partial charge in [0.1, 0.15) is 23.9 Å². The van der Waals surface area contributed by atoms with Crippen molar-refractivity contribution in [2.24, 2.45) is 11.7 Å². The van der Waals surface area contributed by atoms with Crippen molar-refractivity contribution in [2.45, 2.75) is 64.2 Å². The topological polar surface area (TPSA) is 200 Å². The summed E-state index contributed by atoms with van der Waals surface area (Å²) < 4.78 is 0. The Hall–Kier alpha value is -4.16. The molecule has 8 N–H and O–H groups in total. The van der Waals surface area contributed by atoms with Gasteiger partial charge in [0, 0.05) is 6.42 Å². The predicted molar refractivity (Wildman–Crippen MR) is 159 cm³/mol. The molecule has 0 saturated carbocycles. The van der Waals surface area contributed by atoms with Crippen molar-refractivity contribution in [1.29, 1.82) is 0 Å². The van der Waals surface area contributed by atoms with E-state index in [-0.39, 0.29) is 43.3 Å². The number of nitrogens with two attached hydrogens (primary N) is 1. The van der Waals surface area contributed by atoms with Crippen molar-refractivity contribution in [3.8, 4) is 5.75 Å². The summed E-state index contributed by atoms with van der Waals surface area (Å²) in [5, 5.41) is 28.9. The van der Waals surface area contributed by atoms with Gasteiger partial charge >= 0.3 is 5.97 Å². The molecule has 4 amide bonds. The van der Waals surface area contributed by atoms with E-state index in [4.69, 9.17) is 5.73 Å². The number of rotatable bonds is 15. The minimum atomic E-state index is -1.18. The highest BCUT2D eigenvalue weighted by atomic mass is 35.5. The van der Waals surface area contributed by atoms with Crippen molar-refractivity contribution in [3.63, 3.8) is 0 Å². The molecule has 0 aromatic heterocycles. The molecule has 0 heterocycles. The molecule has 0 bridgehead atoms. The number of phenolic OH excluding ortho intramolecular Hbond substituents is 1. The Kier molecular flexibility index (Phi) is 15.0. The number of halogens is 1. The molecule has 12 nitrogen and oxygen atoms in total. The SMILES string of the molecule is CC(C)C[C@H](NC(=O)[C@H](Cc1ccccc1)NC(=O)[C@H](C)NC(=O)CNC(=O)[C@@H](N)Cc1ccc(O)cc1)C(=O)O.Cl. The molecule has 0 saturated heterocycles. The van der Waals surface area contributed by atoms with E-state index in [1.54, 1.807) is 42.5 Å². The lowest BCUT2D eigenvalue weighted by atomic mass is 10.0. The Balaban J connectivity index is 0.00000882. The lowest BCUT2D eigenvalue weighted by molar-refractivity contribution is -0.142. The highest BCUT2D eigenvalue weighted by molar-refractivity contribution is 5.94. The molecule has 230 valence electrons. The van der Waals surface area contributed by atoms with Crippen LogP contribution in [0.25, 0.3) is 0 Å². The third-order valence-electron chi connectivity index (χ3n) is 6.16. The summed E-state index contributed by atoms with van der Waals surface area (Å²) in [4.78, 5) is 62.3. The van der Waals surface area contributed by atoms with E-state index in [0.717, 1.165) is 11.1 Å². The van der Waals surface area contributed by atoms with Gasteiger partial charge in [-0.2, -0.15) is 0 Å². The smallest absolute Gasteiger partial charge is 0.326 e. The largest absolute Gasteiger partial charge is 0.508 e. The average Bonchev–Trinajstić information content (AvgIpc) is 2.92. The molecule has 2 aromatic rings. The zero-order valence-electron chi connectivity index (χ0n) is 23.8. The quantitative estimate of drug-likeness (QED) is 0.153. The first-order chi connectivity index (χ1) is 19.3. The van der Waals surface area contributed by atoms with E-state index in [9.17, 15) is 34.2 Å². The first kappa shape index (κ1) is 35.9. The lowest BCUT2D eigenvalue weighted by Crippen LogP contribution is -2.56. The van der Waals surface area contributed by atoms with E-state index in [2.05, 4.69) is 21.3 Å². The highest BCUT2D eigenvalue weighted by Gasteiger charge is 2.29. The first-order valence-corrected chi connectivity index (χ1v) is 13.3. The van der Waals surface area contributed by atoms with E-state index >= 15 is 0 Å². The van der Waals surface area contributed by atoms with E-state index in [1.165, 1.54) is 19.1 Å². The molecule has 0 aliphatic carbocycles. The van der Waals surface area contributed by atoms with Gasteiger partial charge in [-0.1, -0.05) is 56.3 Å². The van der Waals surface area contributed by atoms with Crippen LogP contribution in [0.2, 0.25) is 0 Å². The van der Waals surface area contributed by atoms with E-state index in [1.807, 2.05) is 13.8 Å². The number of amides is 4. The number of aromatic hydroxyl groups is 1. The van der Waals surface area contributed by atoms with Crippen LogP contribution < -0.4 is 27.0 Å². The maximum atomic E-state index is 13.1. The van der Waals surface area contributed by atoms with Crippen LogP contribution in [0.15, 0.2) is 54.6 Å². The molecule has 2 aromatic carbocycles. The Morgan fingerprint density at radius 2 is 1.33 bits per heavy atom. The maximum Gasteiger partial charge on any atom is 0.326 e. The molecule has 0 unspecified atom stereocenters. The maximum absolute atomic E-state index is 13.1. The number of aliphatic carboxylic acids is 1. The fourth-order valence-corrected chi connectivity index (χ4v) is 3.96. The molecule has 2 rings (SSSR count). The minimum absolute atomic E-state index is 0. The van der Waals surface area contributed by atoms with Crippen LogP contribution in [0.4, 0.5) is 0 Å². The zero-order valence-corrected chi connectivity index (χ0v) is 24.6. The molecule has 13 heteroatoms. The van der Waals surface area contributed by atoms with Crippen molar-refractivity contribution in [1.82, 2.24) is 21.3 Å². The number of carboxylic acids is 1. The van der Waals surface area contributed by atoms with Gasteiger partial charge in [-0.3, -0.25) is 19.2 Å². The summed E-state index contributed by atoms with van der Waals surface area (Å²) in [6.07, 6.45) is 0.503. The fourth-order valence-electron chi connectivity index (χ4n) is 3.96. The number of carboxylic acid groups (broad SMARTS) is 1. The standard InChI is InChI=1S/C29H39N5O7.ClH/c1-17(2)13-24(29(40)41)34-28(39)23(15-19-7-5-4-6-8-19)33-26(37)18(3)32-25(36)16-31-27(38)22(30)14-20-9-11-21(35)12-10-20;/h4-12,17-18,22-24,35H,13-16,30H2,1-3H3,(H,31,38)(H,32,36)(H,33,37)(H,34,39)(H,40,41);1H/t18-,22-,23-,24-;/m0./s1. The van der Waals surface area contributed by atoms with Crippen LogP contribution in [-0.4, -0.2) is 70.5 Å². The molecule has 0 aliphatic heterocycles. The fraction of sp³-hybridized carbons (Fsp3) is 0.414. The molecular weight excluding hydrogens is 566 g/mol. The second-order valence-electron chi connectivity index (χ2n) is 10.3. The first-order valence-electron chi connectivity index (χ1n) is 13.3. The van der Waals surface area contributed by atoms with Crippen molar-refractivity contribution < 1.29 is 34.2 Å². The number of nitrogens with one attached hydrogen (secondary N) is 4. The number of hydrogen-bond acceptors (Lipinski definition) is 7. The van der Waals surface area contributed by atoms with E-state index < -0.39 is 60.3 Å². The van der Waals surface area contributed by atoms with Crippen LogP contribution in [-0.2, 0) is 36.8 Å². The van der Waals surface area contributed by atoms with E-state index in [0.29, 0.717) is 0 Å². The second-order valence-corrected chi connectivity index (χ2v) is 10.3. The summed E-state index contributed by atoms with van der Waals surface area (Å²) in [6.45, 7) is 4.66. The summed E-state index contributed by atoms with van der Waals surface area (Å²) in [6, 6.07) is 10.9. The number of benzene rings is 2.